The summed E-state index contributed by atoms with van der Waals surface area (Å²) in [5, 5.41) is 6.88. The fourth-order valence-corrected chi connectivity index (χ4v) is 2.42. The number of amides is 1. The topological polar surface area (TPSA) is 68.9 Å². The number of rotatable bonds is 5. The summed E-state index contributed by atoms with van der Waals surface area (Å²) in [6.45, 7) is 1.76. The summed E-state index contributed by atoms with van der Waals surface area (Å²) in [4.78, 5) is 24.2. The molecule has 122 valence electrons. The summed E-state index contributed by atoms with van der Waals surface area (Å²) in [5.41, 5.74) is 0.329. The Bertz CT molecular complexity index is 810. The van der Waals surface area contributed by atoms with Crippen LogP contribution in [0.5, 0.6) is 0 Å². The number of hydrogen-bond acceptors (Lipinski definition) is 3. The molecule has 0 atom stereocenters. The maximum absolute atomic E-state index is 13.3. The van der Waals surface area contributed by atoms with Crippen molar-refractivity contribution in [1.82, 2.24) is 19.7 Å². The van der Waals surface area contributed by atoms with E-state index in [1.807, 2.05) is 0 Å². The molecular weight excluding hydrogens is 323 g/mol. The smallest absolute Gasteiger partial charge is 0.346 e. The van der Waals surface area contributed by atoms with E-state index >= 15 is 0 Å². The van der Waals surface area contributed by atoms with Crippen molar-refractivity contribution in [1.29, 1.82) is 0 Å². The fourth-order valence-electron chi connectivity index (χ4n) is 2.30. The van der Waals surface area contributed by atoms with E-state index in [0.29, 0.717) is 11.4 Å². The molecule has 8 heteroatoms. The van der Waals surface area contributed by atoms with Crippen molar-refractivity contribution in [3.63, 3.8) is 0 Å². The van der Waals surface area contributed by atoms with Gasteiger partial charge < -0.3 is 5.32 Å². The first-order chi connectivity index (χ1) is 11.0. The predicted octanol–water partition coefficient (Wildman–Crippen LogP) is 1.80. The van der Waals surface area contributed by atoms with Crippen LogP contribution >= 0.6 is 11.6 Å². The standard InChI is InChI=1S/C15H16ClFN4O2/c1-9-19-21(11-3-4-11)15(23)20(9)8-14(22)18-7-10-2-5-12(16)13(17)6-10/h2,5-6,11H,3-4,7-8H2,1H3,(H,18,22). The Morgan fingerprint density at radius 1 is 1.48 bits per heavy atom. The highest BCUT2D eigenvalue weighted by Gasteiger charge is 2.28. The van der Waals surface area contributed by atoms with Crippen LogP contribution in [0.15, 0.2) is 23.0 Å². The molecule has 1 aliphatic rings. The van der Waals surface area contributed by atoms with Crippen molar-refractivity contribution in [3.8, 4) is 0 Å². The molecule has 1 N–H and O–H groups in total. The molecule has 1 aromatic carbocycles. The molecule has 0 unspecified atom stereocenters. The number of nitrogens with zero attached hydrogens (tertiary/aromatic N) is 3. The predicted molar refractivity (Wildman–Crippen MR) is 82.8 cm³/mol. The van der Waals surface area contributed by atoms with Crippen LogP contribution in [-0.2, 0) is 17.9 Å². The highest BCUT2D eigenvalue weighted by atomic mass is 35.5. The Labute approximate surface area is 136 Å². The Morgan fingerprint density at radius 2 is 2.22 bits per heavy atom. The molecule has 1 aliphatic carbocycles. The Balaban J connectivity index is 1.63. The van der Waals surface area contributed by atoms with Crippen molar-refractivity contribution < 1.29 is 9.18 Å². The largest absolute Gasteiger partial charge is 0.350 e. The lowest BCUT2D eigenvalue weighted by Gasteiger charge is -2.07. The zero-order valence-corrected chi connectivity index (χ0v) is 13.3. The lowest BCUT2D eigenvalue weighted by Crippen LogP contribution is -2.33. The second kappa shape index (κ2) is 6.16. The zero-order chi connectivity index (χ0) is 16.6. The summed E-state index contributed by atoms with van der Waals surface area (Å²) >= 11 is 5.61. The molecule has 0 bridgehead atoms. The highest BCUT2D eigenvalue weighted by molar-refractivity contribution is 6.30. The number of halogens is 2. The second-order valence-electron chi connectivity index (χ2n) is 5.62. The molecule has 1 amide bonds. The fraction of sp³-hybridized carbons (Fsp3) is 0.400. The van der Waals surface area contributed by atoms with Crippen molar-refractivity contribution >= 4 is 17.5 Å². The average Bonchev–Trinajstić information content (AvgIpc) is 3.31. The minimum absolute atomic E-state index is 0.0368. The van der Waals surface area contributed by atoms with Gasteiger partial charge in [-0.05, 0) is 37.5 Å². The van der Waals surface area contributed by atoms with E-state index in [-0.39, 0.29) is 35.8 Å². The van der Waals surface area contributed by atoms with Gasteiger partial charge in [-0.3, -0.25) is 9.36 Å². The zero-order valence-electron chi connectivity index (χ0n) is 12.6. The Morgan fingerprint density at radius 3 is 2.87 bits per heavy atom. The van der Waals surface area contributed by atoms with Gasteiger partial charge in [0.2, 0.25) is 5.91 Å². The average molecular weight is 339 g/mol. The van der Waals surface area contributed by atoms with Gasteiger partial charge in [-0.1, -0.05) is 17.7 Å². The van der Waals surface area contributed by atoms with E-state index in [9.17, 15) is 14.0 Å². The molecule has 0 aliphatic heterocycles. The van der Waals surface area contributed by atoms with Gasteiger partial charge in [0.05, 0.1) is 11.1 Å². The third-order valence-electron chi connectivity index (χ3n) is 3.74. The number of nitrogens with one attached hydrogen (secondary N) is 1. The van der Waals surface area contributed by atoms with E-state index in [1.54, 1.807) is 13.0 Å². The van der Waals surface area contributed by atoms with Crippen molar-refractivity contribution in [2.24, 2.45) is 0 Å². The molecule has 3 rings (SSSR count). The van der Waals surface area contributed by atoms with Gasteiger partial charge in [0.15, 0.2) is 0 Å². The van der Waals surface area contributed by atoms with Crippen LogP contribution in [0.1, 0.15) is 30.3 Å². The molecule has 0 saturated heterocycles. The van der Waals surface area contributed by atoms with E-state index in [0.717, 1.165) is 12.8 Å². The molecule has 2 aromatic rings. The summed E-state index contributed by atoms with van der Waals surface area (Å²) in [5.74, 6) is -0.355. The van der Waals surface area contributed by atoms with Crippen LogP contribution in [0.25, 0.3) is 0 Å². The van der Waals surface area contributed by atoms with Crippen LogP contribution in [0.4, 0.5) is 4.39 Å². The summed E-state index contributed by atoms with van der Waals surface area (Å²) in [6, 6.07) is 4.51. The molecule has 1 aromatic heterocycles. The third kappa shape index (κ3) is 3.44. The minimum Gasteiger partial charge on any atom is -0.350 e. The van der Waals surface area contributed by atoms with Crippen LogP contribution < -0.4 is 11.0 Å². The van der Waals surface area contributed by atoms with Gasteiger partial charge in [-0.15, -0.1) is 0 Å². The first-order valence-corrected chi connectivity index (χ1v) is 7.70. The van der Waals surface area contributed by atoms with Gasteiger partial charge in [-0.2, -0.15) is 5.10 Å². The number of aryl methyl sites for hydroxylation is 1. The monoisotopic (exact) mass is 338 g/mol. The van der Waals surface area contributed by atoms with Crippen LogP contribution in [0.2, 0.25) is 5.02 Å². The highest BCUT2D eigenvalue weighted by Crippen LogP contribution is 2.32. The number of hydrogen-bond donors (Lipinski definition) is 1. The van der Waals surface area contributed by atoms with Gasteiger partial charge >= 0.3 is 5.69 Å². The quantitative estimate of drug-likeness (QED) is 0.903. The number of carbonyl (C=O) groups is 1. The van der Waals surface area contributed by atoms with Crippen LogP contribution in [0, 0.1) is 12.7 Å². The summed E-state index contributed by atoms with van der Waals surface area (Å²) < 4.78 is 16.1. The molecule has 0 spiro atoms. The minimum atomic E-state index is -0.531. The van der Waals surface area contributed by atoms with Gasteiger partial charge in [0.1, 0.15) is 18.2 Å². The molecular formula is C15H16ClFN4O2. The number of carbonyl (C=O) groups excluding carboxylic acids is 1. The van der Waals surface area contributed by atoms with Crippen LogP contribution in [0.3, 0.4) is 0 Å². The Hall–Kier alpha value is -2.15. The van der Waals surface area contributed by atoms with E-state index in [4.69, 9.17) is 11.6 Å². The lowest BCUT2D eigenvalue weighted by molar-refractivity contribution is -0.121. The van der Waals surface area contributed by atoms with Gasteiger partial charge in [0, 0.05) is 6.54 Å². The van der Waals surface area contributed by atoms with Crippen molar-refractivity contribution in [2.75, 3.05) is 0 Å². The SMILES string of the molecule is Cc1nn(C2CC2)c(=O)n1CC(=O)NCc1ccc(Cl)c(F)c1. The maximum Gasteiger partial charge on any atom is 0.346 e. The van der Waals surface area contributed by atoms with E-state index in [1.165, 1.54) is 21.4 Å². The molecule has 6 nitrogen and oxygen atoms in total. The molecule has 0 radical (unpaired) electrons. The molecule has 1 fully saturated rings. The van der Waals surface area contributed by atoms with E-state index in [2.05, 4.69) is 10.4 Å². The van der Waals surface area contributed by atoms with Crippen molar-refractivity contribution in [3.05, 3.63) is 50.9 Å². The lowest BCUT2D eigenvalue weighted by atomic mass is 10.2. The molecule has 23 heavy (non-hydrogen) atoms. The normalized spacial score (nSPS) is 14.0. The first kappa shape index (κ1) is 15.7. The third-order valence-corrected chi connectivity index (χ3v) is 4.04. The first-order valence-electron chi connectivity index (χ1n) is 7.32. The molecule has 1 saturated carbocycles. The number of aromatic nitrogens is 3. The van der Waals surface area contributed by atoms with Gasteiger partial charge in [-0.25, -0.2) is 13.9 Å². The van der Waals surface area contributed by atoms with Crippen molar-refractivity contribution in [2.45, 2.75) is 38.9 Å². The summed E-state index contributed by atoms with van der Waals surface area (Å²) in [7, 11) is 0. The van der Waals surface area contributed by atoms with Gasteiger partial charge in [0.25, 0.3) is 0 Å². The maximum atomic E-state index is 13.3. The van der Waals surface area contributed by atoms with E-state index < -0.39 is 5.82 Å². The molecule has 1 heterocycles. The number of benzene rings is 1. The summed E-state index contributed by atoms with van der Waals surface area (Å²) in [6.07, 6.45) is 1.90. The van der Waals surface area contributed by atoms with Crippen LogP contribution in [-0.4, -0.2) is 20.3 Å². The Kier molecular flexibility index (Phi) is 4.21. The second-order valence-corrected chi connectivity index (χ2v) is 6.02.